The number of aromatic nitrogens is 4. The summed E-state index contributed by atoms with van der Waals surface area (Å²) in [4.78, 5) is 30.9. The molecule has 2 aromatic carbocycles. The number of benzene rings is 2. The second-order valence-corrected chi connectivity index (χ2v) is 8.84. The van der Waals surface area contributed by atoms with Gasteiger partial charge in [-0.15, -0.1) is 0 Å². The summed E-state index contributed by atoms with van der Waals surface area (Å²) in [5.74, 6) is 1.05. The fourth-order valence-corrected chi connectivity index (χ4v) is 5.13. The van der Waals surface area contributed by atoms with E-state index in [0.29, 0.717) is 40.0 Å². The molecular formula is C24H23N5O3S. The average molecular weight is 462 g/mol. The zero-order chi connectivity index (χ0) is 22.9. The number of aryl methyl sites for hydroxylation is 1. The van der Waals surface area contributed by atoms with Crippen molar-refractivity contribution in [2.75, 3.05) is 17.7 Å². The number of nitrogens with one attached hydrogen (secondary N) is 1. The van der Waals surface area contributed by atoms with E-state index < -0.39 is 0 Å². The zero-order valence-electron chi connectivity index (χ0n) is 18.3. The maximum atomic E-state index is 13.3. The van der Waals surface area contributed by atoms with Crippen molar-refractivity contribution in [3.63, 3.8) is 0 Å². The Labute approximate surface area is 194 Å². The maximum Gasteiger partial charge on any atom is 0.265 e. The Bertz CT molecular complexity index is 1410. The van der Waals surface area contributed by atoms with Crippen LogP contribution in [-0.2, 0) is 4.79 Å². The van der Waals surface area contributed by atoms with Gasteiger partial charge in [-0.2, -0.15) is 5.10 Å². The molecular weight excluding hydrogens is 438 g/mol. The third-order valence-corrected chi connectivity index (χ3v) is 6.60. The predicted octanol–water partition coefficient (Wildman–Crippen LogP) is 3.96. The highest BCUT2D eigenvalue weighted by Gasteiger charge is 2.29. The largest absolute Gasteiger partial charge is 0.492 e. The van der Waals surface area contributed by atoms with Gasteiger partial charge >= 0.3 is 0 Å². The van der Waals surface area contributed by atoms with E-state index in [9.17, 15) is 9.59 Å². The number of ether oxygens (including phenoxy) is 1. The van der Waals surface area contributed by atoms with E-state index in [-0.39, 0.29) is 23.9 Å². The predicted molar refractivity (Wildman–Crippen MR) is 128 cm³/mol. The second-order valence-electron chi connectivity index (χ2n) is 7.85. The third kappa shape index (κ3) is 4.00. The molecule has 0 saturated heterocycles. The van der Waals surface area contributed by atoms with E-state index in [4.69, 9.17) is 9.72 Å². The molecule has 2 aromatic heterocycles. The molecule has 0 bridgehead atoms. The summed E-state index contributed by atoms with van der Waals surface area (Å²) >= 11 is 1.48. The van der Waals surface area contributed by atoms with Gasteiger partial charge in [0.25, 0.3) is 5.56 Å². The molecule has 1 atom stereocenters. The molecule has 168 valence electrons. The Kier molecular flexibility index (Phi) is 5.63. The van der Waals surface area contributed by atoms with Gasteiger partial charge < -0.3 is 10.1 Å². The second kappa shape index (κ2) is 8.74. The maximum absolute atomic E-state index is 13.3. The fourth-order valence-electron chi connectivity index (χ4n) is 4.00. The summed E-state index contributed by atoms with van der Waals surface area (Å²) in [6, 6.07) is 14.9. The molecule has 1 aliphatic heterocycles. The Morgan fingerprint density at radius 3 is 2.91 bits per heavy atom. The van der Waals surface area contributed by atoms with Crippen molar-refractivity contribution in [2.24, 2.45) is 0 Å². The number of anilines is 1. The van der Waals surface area contributed by atoms with Crippen LogP contribution in [0.1, 0.15) is 24.9 Å². The van der Waals surface area contributed by atoms with Crippen LogP contribution in [0.25, 0.3) is 16.7 Å². The highest BCUT2D eigenvalue weighted by atomic mass is 32.2. The molecule has 3 heterocycles. The molecule has 1 amide bonds. The molecule has 9 heteroatoms. The SMILES string of the molecule is CCOc1ccccc1NC(=O)CC1CSc2nc3c(cnn3-c3cccc(C)c3)c(=O)n21. The number of amides is 1. The van der Waals surface area contributed by atoms with Crippen LogP contribution in [-0.4, -0.2) is 37.6 Å². The van der Waals surface area contributed by atoms with Gasteiger partial charge in [-0.05, 0) is 43.7 Å². The molecule has 8 nitrogen and oxygen atoms in total. The number of hydrogen-bond donors (Lipinski definition) is 1. The number of carbonyl (C=O) groups excluding carboxylic acids is 1. The molecule has 1 aliphatic rings. The lowest BCUT2D eigenvalue weighted by atomic mass is 10.2. The Morgan fingerprint density at radius 1 is 1.24 bits per heavy atom. The Hall–Kier alpha value is -3.59. The van der Waals surface area contributed by atoms with Crippen molar-refractivity contribution in [2.45, 2.75) is 31.5 Å². The van der Waals surface area contributed by atoms with Gasteiger partial charge in [0.2, 0.25) is 5.91 Å². The van der Waals surface area contributed by atoms with Crippen LogP contribution < -0.4 is 15.6 Å². The minimum Gasteiger partial charge on any atom is -0.492 e. The lowest BCUT2D eigenvalue weighted by Gasteiger charge is -2.15. The number of rotatable bonds is 6. The average Bonchev–Trinajstić information content (AvgIpc) is 3.40. The number of carbonyl (C=O) groups is 1. The molecule has 0 aliphatic carbocycles. The molecule has 0 spiro atoms. The van der Waals surface area contributed by atoms with E-state index in [0.717, 1.165) is 11.3 Å². The number of para-hydroxylation sites is 2. The van der Waals surface area contributed by atoms with Gasteiger partial charge in [-0.25, -0.2) is 9.67 Å². The van der Waals surface area contributed by atoms with Crippen molar-refractivity contribution in [1.82, 2.24) is 19.3 Å². The van der Waals surface area contributed by atoms with Crippen LogP contribution in [0.4, 0.5) is 5.69 Å². The fraction of sp³-hybridized carbons (Fsp3) is 0.250. The zero-order valence-corrected chi connectivity index (χ0v) is 19.1. The Morgan fingerprint density at radius 2 is 2.09 bits per heavy atom. The molecule has 0 radical (unpaired) electrons. The van der Waals surface area contributed by atoms with E-state index in [1.54, 1.807) is 21.5 Å². The summed E-state index contributed by atoms with van der Waals surface area (Å²) in [5.41, 5.74) is 2.93. The van der Waals surface area contributed by atoms with Crippen LogP contribution in [0.5, 0.6) is 5.75 Å². The molecule has 33 heavy (non-hydrogen) atoms. The van der Waals surface area contributed by atoms with E-state index in [2.05, 4.69) is 10.4 Å². The van der Waals surface area contributed by atoms with Gasteiger partial charge in [0, 0.05) is 12.2 Å². The first-order chi connectivity index (χ1) is 16.0. The highest BCUT2D eigenvalue weighted by molar-refractivity contribution is 7.99. The summed E-state index contributed by atoms with van der Waals surface area (Å²) < 4.78 is 8.90. The molecule has 0 saturated carbocycles. The van der Waals surface area contributed by atoms with Crippen molar-refractivity contribution in [1.29, 1.82) is 0 Å². The number of fused-ring (bicyclic) bond motifs is 2. The quantitative estimate of drug-likeness (QED) is 0.437. The van der Waals surface area contributed by atoms with E-state index in [1.807, 2.05) is 56.3 Å². The van der Waals surface area contributed by atoms with Crippen LogP contribution >= 0.6 is 11.8 Å². The minimum atomic E-state index is -0.282. The standard InChI is InChI=1S/C24H23N5O3S/c1-3-32-20-10-5-4-9-19(20)26-21(30)12-17-14-33-24-27-22-18(23(31)28(17)24)13-25-29(22)16-8-6-7-15(2)11-16/h4-11,13,17H,3,12,14H2,1-2H3,(H,26,30). The first-order valence-electron chi connectivity index (χ1n) is 10.8. The molecule has 4 aromatic rings. The highest BCUT2D eigenvalue weighted by Crippen LogP contribution is 2.34. The van der Waals surface area contributed by atoms with Crippen LogP contribution in [0.3, 0.4) is 0 Å². The van der Waals surface area contributed by atoms with Crippen LogP contribution in [0.15, 0.2) is 64.7 Å². The Balaban J connectivity index is 1.42. The number of nitrogens with zero attached hydrogens (tertiary/aromatic N) is 4. The van der Waals surface area contributed by atoms with E-state index in [1.165, 1.54) is 11.8 Å². The molecule has 0 fully saturated rings. The summed E-state index contributed by atoms with van der Waals surface area (Å²) in [5, 5.41) is 8.38. The van der Waals surface area contributed by atoms with Gasteiger partial charge in [-0.1, -0.05) is 36.0 Å². The number of hydrogen-bond acceptors (Lipinski definition) is 6. The lowest BCUT2D eigenvalue weighted by molar-refractivity contribution is -0.116. The van der Waals surface area contributed by atoms with E-state index >= 15 is 0 Å². The van der Waals surface area contributed by atoms with Crippen LogP contribution in [0, 0.1) is 6.92 Å². The van der Waals surface area contributed by atoms with Gasteiger partial charge in [0.1, 0.15) is 11.1 Å². The normalized spacial score (nSPS) is 14.9. The molecule has 1 unspecified atom stereocenters. The number of thioether (sulfide) groups is 1. The summed E-state index contributed by atoms with van der Waals surface area (Å²) in [6.45, 7) is 4.41. The minimum absolute atomic E-state index is 0.166. The van der Waals surface area contributed by atoms with Crippen molar-refractivity contribution in [3.8, 4) is 11.4 Å². The third-order valence-electron chi connectivity index (χ3n) is 5.50. The molecule has 1 N–H and O–H groups in total. The summed E-state index contributed by atoms with van der Waals surface area (Å²) in [7, 11) is 0. The van der Waals surface area contributed by atoms with Gasteiger partial charge in [0.05, 0.1) is 30.2 Å². The van der Waals surface area contributed by atoms with Crippen molar-refractivity contribution in [3.05, 3.63) is 70.6 Å². The van der Waals surface area contributed by atoms with Crippen molar-refractivity contribution < 1.29 is 9.53 Å². The molecule has 5 rings (SSSR count). The van der Waals surface area contributed by atoms with Crippen LogP contribution in [0.2, 0.25) is 0 Å². The van der Waals surface area contributed by atoms with Crippen molar-refractivity contribution >= 4 is 34.4 Å². The lowest BCUT2D eigenvalue weighted by Crippen LogP contribution is -2.27. The summed E-state index contributed by atoms with van der Waals surface area (Å²) in [6.07, 6.45) is 1.72. The van der Waals surface area contributed by atoms with Gasteiger partial charge in [-0.3, -0.25) is 14.2 Å². The first-order valence-corrected chi connectivity index (χ1v) is 11.8. The topological polar surface area (TPSA) is 91.0 Å². The smallest absolute Gasteiger partial charge is 0.265 e. The first kappa shape index (κ1) is 21.3. The monoisotopic (exact) mass is 461 g/mol. The van der Waals surface area contributed by atoms with Gasteiger partial charge in [0.15, 0.2) is 10.8 Å².